The van der Waals surface area contributed by atoms with Gasteiger partial charge in [-0.25, -0.2) is 4.99 Å². The summed E-state index contributed by atoms with van der Waals surface area (Å²) in [5.74, 6) is 1.85. The van der Waals surface area contributed by atoms with E-state index in [9.17, 15) is 9.59 Å². The maximum atomic E-state index is 14.1. The van der Waals surface area contributed by atoms with E-state index in [4.69, 9.17) is 18.9 Å². The van der Waals surface area contributed by atoms with Gasteiger partial charge in [0.05, 0.1) is 39.0 Å². The van der Waals surface area contributed by atoms with E-state index < -0.39 is 6.04 Å². The molecule has 1 atom stereocenters. The Hall–Kier alpha value is -4.37. The molecule has 0 radical (unpaired) electrons. The van der Waals surface area contributed by atoms with Gasteiger partial charge in [0.2, 0.25) is 5.75 Å². The minimum Gasteiger partial charge on any atom is -0.496 e. The number of hydrogen-bond acceptors (Lipinski definition) is 8. The van der Waals surface area contributed by atoms with Gasteiger partial charge in [-0.05, 0) is 54.5 Å². The average molecular weight is 545 g/mol. The van der Waals surface area contributed by atoms with Crippen LogP contribution in [0, 0.1) is 0 Å². The van der Waals surface area contributed by atoms with Gasteiger partial charge in [0.1, 0.15) is 5.75 Å². The molecule has 9 heteroatoms. The minimum absolute atomic E-state index is 0.157. The van der Waals surface area contributed by atoms with E-state index in [1.807, 2.05) is 36.4 Å². The number of thiazole rings is 1. The monoisotopic (exact) mass is 544 g/mol. The summed E-state index contributed by atoms with van der Waals surface area (Å²) in [6.45, 7) is 3.31. The molecule has 5 rings (SSSR count). The highest BCUT2D eigenvalue weighted by molar-refractivity contribution is 7.07. The highest BCUT2D eigenvalue weighted by Gasteiger charge is 2.33. The molecule has 0 amide bonds. The minimum atomic E-state index is -0.707. The molecule has 1 aromatic heterocycles. The zero-order chi connectivity index (χ0) is 27.8. The molecule has 0 unspecified atom stereocenters. The van der Waals surface area contributed by atoms with Crippen molar-refractivity contribution in [3.63, 3.8) is 0 Å². The fraction of sp³-hybridized carbons (Fsp3) is 0.233. The number of carbonyl (C=O) groups excluding carboxylic acids is 1. The van der Waals surface area contributed by atoms with Crippen molar-refractivity contribution in [3.8, 4) is 23.0 Å². The average Bonchev–Trinajstić information content (AvgIpc) is 3.24. The number of rotatable bonds is 7. The Labute approximate surface area is 229 Å². The van der Waals surface area contributed by atoms with Crippen molar-refractivity contribution < 1.29 is 23.7 Å². The molecular weight excluding hydrogens is 516 g/mol. The van der Waals surface area contributed by atoms with Crippen LogP contribution in [-0.4, -0.2) is 38.8 Å². The van der Waals surface area contributed by atoms with Gasteiger partial charge < -0.3 is 18.9 Å². The summed E-state index contributed by atoms with van der Waals surface area (Å²) in [6.07, 6.45) is 1.76. The number of benzene rings is 3. The molecular formula is C30H28N2O6S. The molecule has 39 heavy (non-hydrogen) atoms. The number of aromatic nitrogens is 1. The highest BCUT2D eigenvalue weighted by atomic mass is 32.1. The number of fused-ring (bicyclic) bond motifs is 2. The summed E-state index contributed by atoms with van der Waals surface area (Å²) >= 11 is 1.26. The van der Waals surface area contributed by atoms with Crippen LogP contribution in [-0.2, 0) is 4.79 Å². The zero-order valence-electron chi connectivity index (χ0n) is 22.5. The summed E-state index contributed by atoms with van der Waals surface area (Å²) in [4.78, 5) is 32.3. The van der Waals surface area contributed by atoms with Crippen molar-refractivity contribution in [1.82, 2.24) is 4.57 Å². The largest absolute Gasteiger partial charge is 0.496 e. The summed E-state index contributed by atoms with van der Waals surface area (Å²) in [5, 5.41) is 1.87. The van der Waals surface area contributed by atoms with Crippen molar-refractivity contribution >= 4 is 34.0 Å². The molecule has 0 saturated heterocycles. The van der Waals surface area contributed by atoms with Crippen molar-refractivity contribution in [2.24, 2.45) is 4.99 Å². The van der Waals surface area contributed by atoms with Gasteiger partial charge in [0.25, 0.3) is 5.56 Å². The van der Waals surface area contributed by atoms with Crippen molar-refractivity contribution in [3.05, 3.63) is 90.6 Å². The Morgan fingerprint density at radius 1 is 0.949 bits per heavy atom. The fourth-order valence-electron chi connectivity index (χ4n) is 5.12. The van der Waals surface area contributed by atoms with E-state index >= 15 is 0 Å². The second kappa shape index (κ2) is 10.4. The van der Waals surface area contributed by atoms with Crippen LogP contribution in [0.3, 0.4) is 0 Å². The Balaban J connectivity index is 1.82. The Kier molecular flexibility index (Phi) is 7.01. The molecule has 0 aliphatic carbocycles. The molecule has 4 aromatic rings. The van der Waals surface area contributed by atoms with Crippen LogP contribution >= 0.6 is 11.3 Å². The molecule has 3 aromatic carbocycles. The van der Waals surface area contributed by atoms with E-state index in [-0.39, 0.29) is 11.3 Å². The predicted molar refractivity (Wildman–Crippen MR) is 151 cm³/mol. The van der Waals surface area contributed by atoms with E-state index in [1.165, 1.54) is 25.4 Å². The molecule has 2 heterocycles. The smallest absolute Gasteiger partial charge is 0.271 e. The molecule has 8 nitrogen and oxygen atoms in total. The lowest BCUT2D eigenvalue weighted by molar-refractivity contribution is -0.114. The maximum absolute atomic E-state index is 14.1. The number of carbonyl (C=O) groups is 1. The first kappa shape index (κ1) is 26.2. The van der Waals surface area contributed by atoms with Gasteiger partial charge in [-0.2, -0.15) is 0 Å². The molecule has 0 bridgehead atoms. The second-order valence-electron chi connectivity index (χ2n) is 9.00. The van der Waals surface area contributed by atoms with Crippen LogP contribution in [0.2, 0.25) is 0 Å². The fourth-order valence-corrected chi connectivity index (χ4v) is 6.16. The highest BCUT2D eigenvalue weighted by Crippen LogP contribution is 2.40. The summed E-state index contributed by atoms with van der Waals surface area (Å²) < 4.78 is 24.2. The van der Waals surface area contributed by atoms with Crippen LogP contribution in [0.1, 0.15) is 31.0 Å². The van der Waals surface area contributed by atoms with Gasteiger partial charge in [0, 0.05) is 16.8 Å². The van der Waals surface area contributed by atoms with Gasteiger partial charge in [-0.15, -0.1) is 0 Å². The van der Waals surface area contributed by atoms with Crippen molar-refractivity contribution in [2.45, 2.75) is 19.9 Å². The second-order valence-corrected chi connectivity index (χ2v) is 10.0. The summed E-state index contributed by atoms with van der Waals surface area (Å²) in [6, 6.07) is 14.5. The zero-order valence-corrected chi connectivity index (χ0v) is 23.3. The number of ketones is 1. The van der Waals surface area contributed by atoms with Gasteiger partial charge in [0.15, 0.2) is 22.1 Å². The normalized spacial score (nSPS) is 15.1. The van der Waals surface area contributed by atoms with Crippen molar-refractivity contribution in [1.29, 1.82) is 0 Å². The first-order valence-corrected chi connectivity index (χ1v) is 13.0. The quantitative estimate of drug-likeness (QED) is 0.349. The van der Waals surface area contributed by atoms with Gasteiger partial charge >= 0.3 is 0 Å². The van der Waals surface area contributed by atoms with Gasteiger partial charge in [-0.3, -0.25) is 14.2 Å². The lowest BCUT2D eigenvalue weighted by Gasteiger charge is -2.27. The number of allylic oxidation sites excluding steroid dienone is 2. The third-order valence-electron chi connectivity index (χ3n) is 6.81. The molecule has 1 aliphatic heterocycles. The lowest BCUT2D eigenvalue weighted by Crippen LogP contribution is -2.39. The van der Waals surface area contributed by atoms with Crippen LogP contribution in [0.15, 0.2) is 69.6 Å². The maximum Gasteiger partial charge on any atom is 0.271 e. The lowest BCUT2D eigenvalue weighted by atomic mass is 9.89. The Bertz CT molecular complexity index is 1810. The summed E-state index contributed by atoms with van der Waals surface area (Å²) in [5.41, 5.74) is 2.20. The number of nitrogens with zero attached hydrogens (tertiary/aromatic N) is 2. The molecule has 0 spiro atoms. The number of ether oxygens (including phenoxy) is 4. The van der Waals surface area contributed by atoms with Crippen LogP contribution in [0.4, 0.5) is 0 Å². The SMILES string of the molecule is COc1cc(/C=c2\sc3n(c2=O)[C@@H](c2c(OC)ccc4ccccc24)C(C(C)=O)=C(C)N=3)cc(OC)c1OC. The topological polar surface area (TPSA) is 88.4 Å². The third kappa shape index (κ3) is 4.38. The number of Topliss-reactive ketones (excluding diaryl/α,β-unsaturated/α-hetero) is 1. The first-order valence-electron chi connectivity index (χ1n) is 12.2. The first-order chi connectivity index (χ1) is 18.8. The van der Waals surface area contributed by atoms with Crippen LogP contribution in [0.5, 0.6) is 23.0 Å². The number of hydrogen-bond donors (Lipinski definition) is 0. The van der Waals surface area contributed by atoms with E-state index in [0.29, 0.717) is 49.2 Å². The van der Waals surface area contributed by atoms with E-state index in [0.717, 1.165) is 16.3 Å². The molecule has 1 aliphatic rings. The Morgan fingerprint density at radius 2 is 1.62 bits per heavy atom. The standard InChI is InChI=1S/C30H28N2O6S/c1-16-25(17(2)33)27(26-20-10-8-7-9-19(20)11-12-21(26)35-3)32-29(34)24(39-30(32)31-16)15-18-13-22(36-4)28(38-6)23(14-18)37-5/h7-15,27H,1-6H3/b24-15-/t27-/m1/s1. The predicted octanol–water partition coefficient (Wildman–Crippen LogP) is 4.01. The molecule has 0 saturated carbocycles. The van der Waals surface area contributed by atoms with Crippen molar-refractivity contribution in [2.75, 3.05) is 28.4 Å². The van der Waals surface area contributed by atoms with Crippen LogP contribution in [0.25, 0.3) is 16.8 Å². The third-order valence-corrected chi connectivity index (χ3v) is 7.79. The number of methoxy groups -OCH3 is 4. The molecule has 0 N–H and O–H groups in total. The molecule has 0 fully saturated rings. The van der Waals surface area contributed by atoms with Gasteiger partial charge in [-0.1, -0.05) is 41.7 Å². The van der Waals surface area contributed by atoms with Crippen LogP contribution < -0.4 is 33.8 Å². The van der Waals surface area contributed by atoms with E-state index in [2.05, 4.69) is 4.99 Å². The summed E-state index contributed by atoms with van der Waals surface area (Å²) in [7, 11) is 6.21. The Morgan fingerprint density at radius 3 is 2.23 bits per heavy atom. The molecule has 200 valence electrons. The van der Waals surface area contributed by atoms with E-state index in [1.54, 1.807) is 51.0 Å².